The molecule has 0 radical (unpaired) electrons. The predicted molar refractivity (Wildman–Crippen MR) is 321 cm³/mol. The van der Waals surface area contributed by atoms with Gasteiger partial charge in [0, 0.05) is 19.3 Å². The molecule has 430 valence electrons. The van der Waals surface area contributed by atoms with Crippen LogP contribution in [0, 0.1) is 0 Å². The van der Waals surface area contributed by atoms with E-state index in [2.05, 4.69) is 81.5 Å². The maximum Gasteiger partial charge on any atom is 0.306 e. The SMILES string of the molecule is CCCCCCC/C=C\C/C=C\C/C=C\CCCCCCCCCCCCC(=O)OCC(COC(=O)CCCCCCCC)OC(=O)CCCCCCCCCCCCCCC/C=C\C/C=C\CCCCCCC. The second kappa shape index (κ2) is 62.6. The van der Waals surface area contributed by atoms with E-state index in [0.29, 0.717) is 19.3 Å². The highest BCUT2D eigenvalue weighted by Crippen LogP contribution is 2.17. The van der Waals surface area contributed by atoms with Gasteiger partial charge in [0.2, 0.25) is 0 Å². The highest BCUT2D eigenvalue weighted by Gasteiger charge is 2.19. The van der Waals surface area contributed by atoms with Gasteiger partial charge in [-0.2, -0.15) is 0 Å². The lowest BCUT2D eigenvalue weighted by Crippen LogP contribution is -2.30. The monoisotopic (exact) mass is 1030 g/mol. The van der Waals surface area contributed by atoms with Gasteiger partial charge in [-0.05, 0) is 89.9 Å². The number of rotatable bonds is 59. The summed E-state index contributed by atoms with van der Waals surface area (Å²) in [7, 11) is 0. The van der Waals surface area contributed by atoms with E-state index in [1.807, 2.05) is 0 Å². The molecule has 0 bridgehead atoms. The van der Waals surface area contributed by atoms with Gasteiger partial charge in [0.25, 0.3) is 0 Å². The molecule has 74 heavy (non-hydrogen) atoms. The lowest BCUT2D eigenvalue weighted by atomic mass is 10.0. The fourth-order valence-corrected chi connectivity index (χ4v) is 9.36. The standard InChI is InChI=1S/C68H122O6/c1-4-7-10-13-16-18-20-22-24-26-28-30-32-34-36-38-40-42-44-46-48-50-52-55-58-61-67(70)73-64-65(63-72-66(69)60-57-54-15-12-9-6-3)74-68(71)62-59-56-53-51-49-47-45-43-41-39-37-35-33-31-29-27-25-23-21-19-17-14-11-8-5-2/h20-23,26-29,32,34,65H,4-19,24-25,30-31,33,35-64H2,1-3H3/b22-20-,23-21-,28-26-,29-27-,34-32-. The molecular formula is C68H122O6. The third-order valence-corrected chi connectivity index (χ3v) is 14.2. The number of unbranched alkanes of at least 4 members (excludes halogenated alkanes) is 38. The van der Waals surface area contributed by atoms with E-state index in [0.717, 1.165) is 77.0 Å². The van der Waals surface area contributed by atoms with E-state index in [-0.39, 0.29) is 31.1 Å². The van der Waals surface area contributed by atoms with Crippen molar-refractivity contribution in [2.24, 2.45) is 0 Å². The zero-order valence-corrected chi connectivity index (χ0v) is 49.4. The number of hydrogen-bond acceptors (Lipinski definition) is 6. The van der Waals surface area contributed by atoms with Crippen molar-refractivity contribution < 1.29 is 28.6 Å². The van der Waals surface area contributed by atoms with Crippen LogP contribution in [0.2, 0.25) is 0 Å². The zero-order chi connectivity index (χ0) is 53.6. The first kappa shape index (κ1) is 71.1. The molecule has 0 N–H and O–H groups in total. The largest absolute Gasteiger partial charge is 0.462 e. The number of esters is 3. The maximum absolute atomic E-state index is 12.9. The molecule has 0 saturated carbocycles. The lowest BCUT2D eigenvalue weighted by Gasteiger charge is -2.18. The van der Waals surface area contributed by atoms with Crippen molar-refractivity contribution in [3.05, 3.63) is 60.8 Å². The average molecular weight is 1040 g/mol. The van der Waals surface area contributed by atoms with Crippen molar-refractivity contribution in [1.82, 2.24) is 0 Å². The normalized spacial score (nSPS) is 12.4. The first-order valence-corrected chi connectivity index (χ1v) is 32.3. The Kier molecular flexibility index (Phi) is 60.2. The van der Waals surface area contributed by atoms with E-state index < -0.39 is 6.10 Å². The fraction of sp³-hybridized carbons (Fsp3) is 0.809. The topological polar surface area (TPSA) is 78.9 Å². The third kappa shape index (κ3) is 60.0. The summed E-state index contributed by atoms with van der Waals surface area (Å²) in [5.74, 6) is -0.873. The molecule has 1 atom stereocenters. The van der Waals surface area contributed by atoms with Gasteiger partial charge in [0.05, 0.1) is 0 Å². The molecule has 0 aliphatic rings. The number of ether oxygens (including phenoxy) is 3. The molecule has 0 heterocycles. The van der Waals surface area contributed by atoms with E-state index in [1.165, 1.54) is 218 Å². The molecule has 0 rings (SSSR count). The Labute approximate surface area is 460 Å². The Morgan fingerprint density at radius 2 is 0.486 bits per heavy atom. The Morgan fingerprint density at radius 3 is 0.757 bits per heavy atom. The molecule has 0 amide bonds. The quantitative estimate of drug-likeness (QED) is 0.0261. The Hall–Kier alpha value is -2.89. The highest BCUT2D eigenvalue weighted by molar-refractivity contribution is 5.71. The van der Waals surface area contributed by atoms with Gasteiger partial charge < -0.3 is 14.2 Å². The number of hydrogen-bond donors (Lipinski definition) is 0. The number of carbonyl (C=O) groups excluding carboxylic acids is 3. The Bertz CT molecular complexity index is 1330. The van der Waals surface area contributed by atoms with E-state index in [1.54, 1.807) is 0 Å². The average Bonchev–Trinajstić information content (AvgIpc) is 3.40. The van der Waals surface area contributed by atoms with Gasteiger partial charge in [-0.25, -0.2) is 0 Å². The zero-order valence-electron chi connectivity index (χ0n) is 49.4. The summed E-state index contributed by atoms with van der Waals surface area (Å²) in [4.78, 5) is 38.0. The van der Waals surface area contributed by atoms with E-state index >= 15 is 0 Å². The summed E-state index contributed by atoms with van der Waals surface area (Å²) in [5, 5.41) is 0. The van der Waals surface area contributed by atoms with Crippen LogP contribution in [0.3, 0.4) is 0 Å². The predicted octanol–water partition coefficient (Wildman–Crippen LogP) is 21.9. The minimum atomic E-state index is -0.773. The third-order valence-electron chi connectivity index (χ3n) is 14.2. The number of allylic oxidation sites excluding steroid dienone is 10. The molecule has 0 aromatic carbocycles. The van der Waals surface area contributed by atoms with Crippen LogP contribution in [0.15, 0.2) is 60.8 Å². The van der Waals surface area contributed by atoms with Crippen LogP contribution in [0.4, 0.5) is 0 Å². The molecule has 6 heteroatoms. The number of carbonyl (C=O) groups is 3. The molecule has 0 aromatic heterocycles. The molecule has 0 aliphatic carbocycles. The van der Waals surface area contributed by atoms with Gasteiger partial charge in [-0.15, -0.1) is 0 Å². The van der Waals surface area contributed by atoms with Crippen molar-refractivity contribution in [1.29, 1.82) is 0 Å². The van der Waals surface area contributed by atoms with Gasteiger partial charge in [0.15, 0.2) is 6.10 Å². The second-order valence-corrected chi connectivity index (χ2v) is 21.7. The summed E-state index contributed by atoms with van der Waals surface area (Å²) >= 11 is 0. The summed E-state index contributed by atoms with van der Waals surface area (Å²) in [6.07, 6.45) is 79.8. The first-order chi connectivity index (χ1) is 36.5. The Morgan fingerprint density at radius 1 is 0.270 bits per heavy atom. The lowest BCUT2D eigenvalue weighted by molar-refractivity contribution is -0.167. The molecule has 0 spiro atoms. The van der Waals surface area contributed by atoms with Crippen LogP contribution in [0.5, 0.6) is 0 Å². The van der Waals surface area contributed by atoms with Crippen molar-refractivity contribution in [2.45, 2.75) is 341 Å². The summed E-state index contributed by atoms with van der Waals surface area (Å²) < 4.78 is 16.8. The van der Waals surface area contributed by atoms with Gasteiger partial charge in [-0.1, -0.05) is 287 Å². The second-order valence-electron chi connectivity index (χ2n) is 21.7. The molecular weight excluding hydrogens is 913 g/mol. The Balaban J connectivity index is 4.08. The van der Waals surface area contributed by atoms with Gasteiger partial charge in [0.1, 0.15) is 13.2 Å². The highest BCUT2D eigenvalue weighted by atomic mass is 16.6. The van der Waals surface area contributed by atoms with Crippen LogP contribution >= 0.6 is 0 Å². The minimum Gasteiger partial charge on any atom is -0.462 e. The summed E-state index contributed by atoms with van der Waals surface area (Å²) in [6.45, 7) is 6.59. The van der Waals surface area contributed by atoms with Crippen molar-refractivity contribution in [2.75, 3.05) is 13.2 Å². The molecule has 6 nitrogen and oxygen atoms in total. The van der Waals surface area contributed by atoms with Gasteiger partial charge >= 0.3 is 17.9 Å². The molecule has 0 fully saturated rings. The van der Waals surface area contributed by atoms with Crippen molar-refractivity contribution in [3.63, 3.8) is 0 Å². The van der Waals surface area contributed by atoms with Gasteiger partial charge in [-0.3, -0.25) is 14.4 Å². The van der Waals surface area contributed by atoms with Crippen LogP contribution in [0.25, 0.3) is 0 Å². The van der Waals surface area contributed by atoms with Crippen molar-refractivity contribution >= 4 is 17.9 Å². The van der Waals surface area contributed by atoms with Crippen LogP contribution in [-0.4, -0.2) is 37.2 Å². The molecule has 0 saturated heterocycles. The van der Waals surface area contributed by atoms with Crippen LogP contribution in [-0.2, 0) is 28.6 Å². The summed E-state index contributed by atoms with van der Waals surface area (Å²) in [5.41, 5.74) is 0. The molecule has 0 aromatic rings. The minimum absolute atomic E-state index is 0.0738. The van der Waals surface area contributed by atoms with Crippen LogP contribution in [0.1, 0.15) is 335 Å². The smallest absolute Gasteiger partial charge is 0.306 e. The van der Waals surface area contributed by atoms with Crippen LogP contribution < -0.4 is 0 Å². The first-order valence-electron chi connectivity index (χ1n) is 32.3. The van der Waals surface area contributed by atoms with E-state index in [4.69, 9.17) is 14.2 Å². The molecule has 1 unspecified atom stereocenters. The van der Waals surface area contributed by atoms with E-state index in [9.17, 15) is 14.4 Å². The molecule has 0 aliphatic heterocycles. The fourth-order valence-electron chi connectivity index (χ4n) is 9.36. The maximum atomic E-state index is 12.9. The summed E-state index contributed by atoms with van der Waals surface area (Å²) in [6, 6.07) is 0. The van der Waals surface area contributed by atoms with Crippen molar-refractivity contribution in [3.8, 4) is 0 Å².